The summed E-state index contributed by atoms with van der Waals surface area (Å²) in [7, 11) is 0. The number of rotatable bonds is 4. The SMILES string of the molecule is CC(Nc1cc(Br)ccc1C(=O)O)c1ccncc1. The Morgan fingerprint density at radius 2 is 2.00 bits per heavy atom. The number of nitrogens with zero attached hydrogens (tertiary/aromatic N) is 1. The van der Waals surface area contributed by atoms with Crippen molar-refractivity contribution in [3.05, 3.63) is 58.3 Å². The molecule has 0 saturated carbocycles. The number of anilines is 1. The second kappa shape index (κ2) is 5.84. The molecule has 1 unspecified atom stereocenters. The third-order valence-corrected chi connectivity index (χ3v) is 3.28. The number of carbonyl (C=O) groups is 1. The molecule has 0 saturated heterocycles. The van der Waals surface area contributed by atoms with Crippen LogP contribution in [0.2, 0.25) is 0 Å². The summed E-state index contributed by atoms with van der Waals surface area (Å²) in [5.41, 5.74) is 1.89. The van der Waals surface area contributed by atoms with E-state index in [-0.39, 0.29) is 11.6 Å². The lowest BCUT2D eigenvalue weighted by atomic mass is 10.1. The van der Waals surface area contributed by atoms with Crippen LogP contribution in [0.1, 0.15) is 28.9 Å². The largest absolute Gasteiger partial charge is 0.478 e. The lowest BCUT2D eigenvalue weighted by molar-refractivity contribution is 0.0698. The van der Waals surface area contributed by atoms with Crippen LogP contribution in [0, 0.1) is 0 Å². The van der Waals surface area contributed by atoms with Crippen molar-refractivity contribution in [3.8, 4) is 0 Å². The first-order valence-electron chi connectivity index (χ1n) is 5.77. The number of pyridine rings is 1. The number of aromatic carboxylic acids is 1. The normalized spacial score (nSPS) is 11.9. The summed E-state index contributed by atoms with van der Waals surface area (Å²) in [6.45, 7) is 1.97. The minimum absolute atomic E-state index is 0.00426. The molecule has 2 aromatic rings. The third-order valence-electron chi connectivity index (χ3n) is 2.79. The number of hydrogen-bond donors (Lipinski definition) is 2. The van der Waals surface area contributed by atoms with Crippen LogP contribution in [0.25, 0.3) is 0 Å². The molecule has 1 heterocycles. The van der Waals surface area contributed by atoms with E-state index in [2.05, 4.69) is 26.2 Å². The Bertz CT molecular complexity index is 587. The quantitative estimate of drug-likeness (QED) is 0.901. The molecule has 0 fully saturated rings. The monoisotopic (exact) mass is 320 g/mol. The smallest absolute Gasteiger partial charge is 0.337 e. The molecule has 0 aliphatic heterocycles. The maximum absolute atomic E-state index is 11.2. The molecule has 0 aliphatic carbocycles. The minimum Gasteiger partial charge on any atom is -0.478 e. The van der Waals surface area contributed by atoms with Gasteiger partial charge < -0.3 is 10.4 Å². The van der Waals surface area contributed by atoms with Crippen LogP contribution < -0.4 is 5.32 Å². The number of nitrogens with one attached hydrogen (secondary N) is 1. The van der Waals surface area contributed by atoms with E-state index >= 15 is 0 Å². The van der Waals surface area contributed by atoms with E-state index in [0.29, 0.717) is 5.69 Å². The Morgan fingerprint density at radius 3 is 2.63 bits per heavy atom. The van der Waals surface area contributed by atoms with Crippen molar-refractivity contribution in [2.75, 3.05) is 5.32 Å². The number of halogens is 1. The van der Waals surface area contributed by atoms with Crippen LogP contribution in [-0.2, 0) is 0 Å². The van der Waals surface area contributed by atoms with Gasteiger partial charge in [0, 0.05) is 22.9 Å². The highest BCUT2D eigenvalue weighted by atomic mass is 79.9. The number of carboxylic acids is 1. The van der Waals surface area contributed by atoms with E-state index in [9.17, 15) is 9.90 Å². The van der Waals surface area contributed by atoms with Gasteiger partial charge in [-0.25, -0.2) is 4.79 Å². The van der Waals surface area contributed by atoms with Crippen molar-refractivity contribution < 1.29 is 9.90 Å². The predicted octanol–water partition coefficient (Wildman–Crippen LogP) is 3.72. The molecule has 0 radical (unpaired) electrons. The second-order valence-electron chi connectivity index (χ2n) is 4.14. The van der Waals surface area contributed by atoms with Gasteiger partial charge in [0.05, 0.1) is 11.3 Å². The zero-order valence-corrected chi connectivity index (χ0v) is 11.9. The first-order chi connectivity index (χ1) is 9.08. The van der Waals surface area contributed by atoms with Gasteiger partial charge in [0.1, 0.15) is 0 Å². The Hall–Kier alpha value is -1.88. The van der Waals surface area contributed by atoms with Crippen LogP contribution >= 0.6 is 15.9 Å². The van der Waals surface area contributed by atoms with Gasteiger partial charge >= 0.3 is 5.97 Å². The standard InChI is InChI=1S/C14H13BrN2O2/c1-9(10-4-6-16-7-5-10)17-13-8-11(15)2-3-12(13)14(18)19/h2-9,17H,1H3,(H,18,19). The van der Waals surface area contributed by atoms with E-state index in [0.717, 1.165) is 10.0 Å². The predicted molar refractivity (Wildman–Crippen MR) is 77.4 cm³/mol. The van der Waals surface area contributed by atoms with Gasteiger partial charge in [0.2, 0.25) is 0 Å². The highest BCUT2D eigenvalue weighted by Gasteiger charge is 2.13. The van der Waals surface area contributed by atoms with Gasteiger partial charge in [-0.2, -0.15) is 0 Å². The van der Waals surface area contributed by atoms with E-state index < -0.39 is 5.97 Å². The molecule has 1 aromatic heterocycles. The van der Waals surface area contributed by atoms with Gasteiger partial charge in [-0.05, 0) is 42.8 Å². The number of carboxylic acid groups (broad SMARTS) is 1. The molecule has 0 amide bonds. The summed E-state index contributed by atoms with van der Waals surface area (Å²) < 4.78 is 0.835. The van der Waals surface area contributed by atoms with Crippen LogP contribution in [0.15, 0.2) is 47.2 Å². The second-order valence-corrected chi connectivity index (χ2v) is 5.06. The van der Waals surface area contributed by atoms with Crippen LogP contribution in [-0.4, -0.2) is 16.1 Å². The molecule has 0 bridgehead atoms. The third kappa shape index (κ3) is 3.32. The number of aromatic nitrogens is 1. The topological polar surface area (TPSA) is 62.2 Å². The Labute approximate surface area is 119 Å². The van der Waals surface area contributed by atoms with Crippen LogP contribution in [0.5, 0.6) is 0 Å². The molecule has 2 rings (SSSR count). The van der Waals surface area contributed by atoms with Crippen molar-refractivity contribution in [1.82, 2.24) is 4.98 Å². The van der Waals surface area contributed by atoms with Crippen molar-refractivity contribution in [2.45, 2.75) is 13.0 Å². The summed E-state index contributed by atoms with van der Waals surface area (Å²) in [6, 6.07) is 8.85. The van der Waals surface area contributed by atoms with Crippen molar-refractivity contribution in [1.29, 1.82) is 0 Å². The highest BCUT2D eigenvalue weighted by Crippen LogP contribution is 2.25. The molecule has 19 heavy (non-hydrogen) atoms. The zero-order chi connectivity index (χ0) is 13.8. The molecular weight excluding hydrogens is 308 g/mol. The first kappa shape index (κ1) is 13.5. The summed E-state index contributed by atoms with van der Waals surface area (Å²) in [4.78, 5) is 15.2. The zero-order valence-electron chi connectivity index (χ0n) is 10.3. The molecule has 5 heteroatoms. The molecule has 0 aliphatic rings. The molecular formula is C14H13BrN2O2. The summed E-state index contributed by atoms with van der Waals surface area (Å²) in [5, 5.41) is 12.4. The van der Waals surface area contributed by atoms with Gasteiger partial charge in [0.15, 0.2) is 0 Å². The van der Waals surface area contributed by atoms with Gasteiger partial charge in [-0.15, -0.1) is 0 Å². The number of hydrogen-bond acceptors (Lipinski definition) is 3. The Kier molecular flexibility index (Phi) is 4.16. The number of benzene rings is 1. The molecule has 98 valence electrons. The fourth-order valence-electron chi connectivity index (χ4n) is 1.79. The van der Waals surface area contributed by atoms with Crippen molar-refractivity contribution >= 4 is 27.6 Å². The average Bonchev–Trinajstić information content (AvgIpc) is 2.39. The average molecular weight is 321 g/mol. The molecule has 1 atom stereocenters. The Morgan fingerprint density at radius 1 is 1.32 bits per heavy atom. The maximum atomic E-state index is 11.2. The molecule has 0 spiro atoms. The van der Waals surface area contributed by atoms with Crippen molar-refractivity contribution in [3.63, 3.8) is 0 Å². The fourth-order valence-corrected chi connectivity index (χ4v) is 2.15. The van der Waals surface area contributed by atoms with E-state index in [1.165, 1.54) is 0 Å². The van der Waals surface area contributed by atoms with Gasteiger partial charge in [0.25, 0.3) is 0 Å². The molecule has 1 aromatic carbocycles. The van der Waals surface area contributed by atoms with Crippen molar-refractivity contribution in [2.24, 2.45) is 0 Å². The maximum Gasteiger partial charge on any atom is 0.337 e. The minimum atomic E-state index is -0.947. The summed E-state index contributed by atoms with van der Waals surface area (Å²) in [5.74, 6) is -0.947. The lowest BCUT2D eigenvalue weighted by Crippen LogP contribution is -2.10. The highest BCUT2D eigenvalue weighted by molar-refractivity contribution is 9.10. The van der Waals surface area contributed by atoms with Crippen LogP contribution in [0.4, 0.5) is 5.69 Å². The van der Waals surface area contributed by atoms with E-state index in [1.807, 2.05) is 19.1 Å². The Balaban J connectivity index is 2.28. The fraction of sp³-hybridized carbons (Fsp3) is 0.143. The first-order valence-corrected chi connectivity index (χ1v) is 6.56. The summed E-state index contributed by atoms with van der Waals surface area (Å²) >= 11 is 3.35. The van der Waals surface area contributed by atoms with Gasteiger partial charge in [-0.1, -0.05) is 15.9 Å². The summed E-state index contributed by atoms with van der Waals surface area (Å²) in [6.07, 6.45) is 3.43. The molecule has 2 N–H and O–H groups in total. The lowest BCUT2D eigenvalue weighted by Gasteiger charge is -2.17. The van der Waals surface area contributed by atoms with E-state index in [4.69, 9.17) is 0 Å². The van der Waals surface area contributed by atoms with E-state index in [1.54, 1.807) is 30.6 Å². The van der Waals surface area contributed by atoms with Gasteiger partial charge in [-0.3, -0.25) is 4.98 Å². The molecule has 4 nitrogen and oxygen atoms in total. The van der Waals surface area contributed by atoms with Crippen LogP contribution in [0.3, 0.4) is 0 Å².